The number of alkyl halides is 4. The highest BCUT2D eigenvalue weighted by molar-refractivity contribution is 7.80. The maximum Gasteiger partial charge on any atom is 0.428 e. The number of rotatable bonds is 4. The summed E-state index contributed by atoms with van der Waals surface area (Å²) in [6, 6.07) is 0. The van der Waals surface area contributed by atoms with Gasteiger partial charge in [0.05, 0.1) is 5.41 Å². The first-order valence-corrected chi connectivity index (χ1v) is 6.45. The van der Waals surface area contributed by atoms with Gasteiger partial charge in [0, 0.05) is 0 Å². The second kappa shape index (κ2) is 7.72. The molecule has 0 aliphatic carbocycles. The Bertz CT molecular complexity index is 395. The normalized spacial score (nSPS) is 14.1. The summed E-state index contributed by atoms with van der Waals surface area (Å²) in [5.74, 6) is -1.04. The molecule has 1 unspecified atom stereocenters. The molecular weight excluding hydrogens is 315 g/mol. The van der Waals surface area contributed by atoms with Crippen molar-refractivity contribution in [2.45, 2.75) is 39.5 Å². The average Bonchev–Trinajstić information content (AvgIpc) is 2.21. The van der Waals surface area contributed by atoms with Crippen LogP contribution in [0, 0.1) is 5.41 Å². The van der Waals surface area contributed by atoms with Gasteiger partial charge in [0.25, 0.3) is 10.5 Å². The first kappa shape index (κ1) is 21.3. The Morgan fingerprint density at radius 2 is 1.65 bits per heavy atom. The van der Waals surface area contributed by atoms with Crippen molar-refractivity contribution in [3.05, 3.63) is 0 Å². The Hall–Kier alpha value is -0.970. The van der Waals surface area contributed by atoms with Crippen molar-refractivity contribution < 1.29 is 43.9 Å². The molecule has 0 heterocycles. The zero-order valence-electron chi connectivity index (χ0n) is 10.8. The van der Waals surface area contributed by atoms with E-state index in [1.807, 2.05) is 0 Å². The van der Waals surface area contributed by atoms with E-state index in [0.29, 0.717) is 6.42 Å². The van der Waals surface area contributed by atoms with Crippen LogP contribution in [0.25, 0.3) is 0 Å². The summed E-state index contributed by atoms with van der Waals surface area (Å²) in [7, 11) is -5.42. The van der Waals surface area contributed by atoms with E-state index < -0.39 is 40.8 Å². The van der Waals surface area contributed by atoms with Gasteiger partial charge < -0.3 is 9.29 Å². The van der Waals surface area contributed by atoms with Crippen LogP contribution >= 0.6 is 0 Å². The first-order valence-electron chi connectivity index (χ1n) is 5.14. The Kier molecular flexibility index (Phi) is 8.23. The molecule has 0 bridgehead atoms. The summed E-state index contributed by atoms with van der Waals surface area (Å²) in [4.78, 5) is 11.2. The molecule has 0 N–H and O–H groups in total. The van der Waals surface area contributed by atoms with E-state index in [1.165, 1.54) is 13.8 Å². The summed E-state index contributed by atoms with van der Waals surface area (Å²) in [5.41, 5.74) is -1.03. The largest absolute Gasteiger partial charge is 0.722 e. The molecule has 20 heavy (non-hydrogen) atoms. The van der Waals surface area contributed by atoms with E-state index in [9.17, 15) is 26.2 Å². The monoisotopic (exact) mass is 329 g/mol. The third-order valence-corrected chi connectivity index (χ3v) is 2.19. The highest BCUT2D eigenvalue weighted by Crippen LogP contribution is 2.28. The van der Waals surface area contributed by atoms with Gasteiger partial charge in [-0.1, -0.05) is 6.92 Å². The van der Waals surface area contributed by atoms with Crippen LogP contribution in [0.5, 0.6) is 0 Å². The molecule has 0 aromatic heterocycles. The third-order valence-electron chi connectivity index (χ3n) is 2.19. The fourth-order valence-electron chi connectivity index (χ4n) is 0.619. The number of carbonyl (C=O) groups excluding carboxylic acids is 1. The van der Waals surface area contributed by atoms with Gasteiger partial charge in [-0.3, -0.25) is 4.79 Å². The average molecular weight is 329 g/mol. The molecule has 0 spiro atoms. The van der Waals surface area contributed by atoms with Crippen LogP contribution in [0.4, 0.5) is 21.4 Å². The molecule has 0 aromatic rings. The standard InChI is InChI=1S/C9H14F4O2.FHO3S/c1-4-8(2,3)7(14)15-6(5-10)9(11,12)13;1-5(2,3)4/h6H,4-5H2,1-3H3;(H,2,3,4)/p-1. The number of hydrogen-bond donors (Lipinski definition) is 0. The van der Waals surface area contributed by atoms with Crippen LogP contribution in [0.1, 0.15) is 27.2 Å². The summed E-state index contributed by atoms with van der Waals surface area (Å²) < 4.78 is 87.6. The summed E-state index contributed by atoms with van der Waals surface area (Å²) >= 11 is 0. The summed E-state index contributed by atoms with van der Waals surface area (Å²) in [6.07, 6.45) is -7.19. The molecule has 0 aliphatic heterocycles. The van der Waals surface area contributed by atoms with Gasteiger partial charge in [-0.15, -0.1) is 3.89 Å². The zero-order chi connectivity index (χ0) is 16.8. The molecule has 0 fully saturated rings. The lowest BCUT2D eigenvalue weighted by Gasteiger charge is -2.25. The van der Waals surface area contributed by atoms with Crippen LogP contribution in [-0.2, 0) is 20.0 Å². The Balaban J connectivity index is 0. The van der Waals surface area contributed by atoms with Gasteiger partial charge in [0.1, 0.15) is 6.67 Å². The number of carbonyl (C=O) groups is 1. The van der Waals surface area contributed by atoms with Crippen molar-refractivity contribution in [2.75, 3.05) is 6.67 Å². The van der Waals surface area contributed by atoms with Crippen molar-refractivity contribution in [2.24, 2.45) is 5.41 Å². The predicted octanol–water partition coefficient (Wildman–Crippen LogP) is 2.28. The van der Waals surface area contributed by atoms with Crippen molar-refractivity contribution in [1.29, 1.82) is 0 Å². The van der Waals surface area contributed by atoms with Crippen molar-refractivity contribution in [1.82, 2.24) is 0 Å². The topological polar surface area (TPSA) is 83.5 Å². The van der Waals surface area contributed by atoms with Crippen LogP contribution in [0.2, 0.25) is 0 Å². The maximum atomic E-state index is 12.1. The second-order valence-corrected chi connectivity index (χ2v) is 5.01. The Morgan fingerprint density at radius 3 is 1.85 bits per heavy atom. The lowest BCUT2D eigenvalue weighted by Crippen LogP contribution is -2.39. The fraction of sp³-hybridized carbons (Fsp3) is 0.889. The first-order chi connectivity index (χ1) is 8.65. The number of halogens is 5. The SMILES string of the molecule is CCC(C)(C)C(=O)OC(CF)C(F)(F)F.O=S(=O)([O-])F. The number of esters is 1. The van der Waals surface area contributed by atoms with Gasteiger partial charge in [-0.25, -0.2) is 12.8 Å². The van der Waals surface area contributed by atoms with Gasteiger partial charge in [-0.2, -0.15) is 13.2 Å². The molecule has 0 saturated carbocycles. The lowest BCUT2D eigenvalue weighted by molar-refractivity contribution is -0.228. The van der Waals surface area contributed by atoms with Gasteiger partial charge in [0.2, 0.25) is 6.10 Å². The van der Waals surface area contributed by atoms with Crippen molar-refractivity contribution >= 4 is 16.5 Å². The van der Waals surface area contributed by atoms with Crippen LogP contribution in [-0.4, -0.2) is 37.9 Å². The summed E-state index contributed by atoms with van der Waals surface area (Å²) in [6.45, 7) is 2.77. The highest BCUT2D eigenvalue weighted by Gasteiger charge is 2.44. The minimum Gasteiger partial charge on any atom is -0.722 e. The van der Waals surface area contributed by atoms with E-state index in [0.717, 1.165) is 0 Å². The minimum absolute atomic E-state index is 0.322. The van der Waals surface area contributed by atoms with Crippen LogP contribution in [0.15, 0.2) is 0 Å². The van der Waals surface area contributed by atoms with Gasteiger partial charge in [-0.05, 0) is 20.3 Å². The molecule has 0 saturated heterocycles. The Labute approximate surface area is 113 Å². The smallest absolute Gasteiger partial charge is 0.428 e. The number of hydrogen-bond acceptors (Lipinski definition) is 5. The van der Waals surface area contributed by atoms with Crippen molar-refractivity contribution in [3.8, 4) is 0 Å². The summed E-state index contributed by atoms with van der Waals surface area (Å²) in [5, 5.41) is 0. The van der Waals surface area contributed by atoms with E-state index >= 15 is 0 Å². The molecule has 0 aromatic carbocycles. The molecule has 11 heteroatoms. The van der Waals surface area contributed by atoms with Crippen LogP contribution < -0.4 is 0 Å². The maximum absolute atomic E-state index is 12.1. The van der Waals surface area contributed by atoms with Gasteiger partial charge >= 0.3 is 12.1 Å². The van der Waals surface area contributed by atoms with E-state index in [4.69, 9.17) is 13.0 Å². The lowest BCUT2D eigenvalue weighted by atomic mass is 9.90. The number of ether oxygens (including phenoxy) is 1. The van der Waals surface area contributed by atoms with E-state index in [-0.39, 0.29) is 0 Å². The molecule has 122 valence electrons. The Morgan fingerprint density at radius 1 is 1.30 bits per heavy atom. The van der Waals surface area contributed by atoms with E-state index in [2.05, 4.69) is 4.74 Å². The molecular formula is C9H14F5O5S-. The molecule has 0 aliphatic rings. The molecule has 0 radical (unpaired) electrons. The third kappa shape index (κ3) is 10.9. The van der Waals surface area contributed by atoms with Crippen LogP contribution in [0.3, 0.4) is 0 Å². The minimum atomic E-state index is -5.42. The zero-order valence-corrected chi connectivity index (χ0v) is 11.6. The highest BCUT2D eigenvalue weighted by atomic mass is 32.3. The van der Waals surface area contributed by atoms with Crippen molar-refractivity contribution in [3.63, 3.8) is 0 Å². The second-order valence-electron chi connectivity index (χ2n) is 4.22. The van der Waals surface area contributed by atoms with E-state index in [1.54, 1.807) is 6.92 Å². The quantitative estimate of drug-likeness (QED) is 0.342. The molecule has 0 amide bonds. The molecule has 1 atom stereocenters. The predicted molar refractivity (Wildman–Crippen MR) is 56.8 cm³/mol. The molecule has 0 rings (SSSR count). The molecule has 5 nitrogen and oxygen atoms in total. The van der Waals surface area contributed by atoms with Gasteiger partial charge in [0.15, 0.2) is 0 Å². The fourth-order valence-corrected chi connectivity index (χ4v) is 0.619.